The van der Waals surface area contributed by atoms with Crippen LogP contribution in [0.2, 0.25) is 0 Å². The molecule has 1 aromatic heterocycles. The topological polar surface area (TPSA) is 131 Å². The van der Waals surface area contributed by atoms with Gasteiger partial charge in [0.15, 0.2) is 5.69 Å². The Bertz CT molecular complexity index is 1440. The molecule has 188 valence electrons. The highest BCUT2D eigenvalue weighted by atomic mass is 32.1. The Morgan fingerprint density at radius 3 is 2.27 bits per heavy atom. The summed E-state index contributed by atoms with van der Waals surface area (Å²) in [5.41, 5.74) is 13.4. The van der Waals surface area contributed by atoms with E-state index in [-0.39, 0.29) is 22.8 Å². The molecule has 10 heteroatoms. The van der Waals surface area contributed by atoms with Gasteiger partial charge in [-0.05, 0) is 53.3 Å². The number of nitrogen functional groups attached to an aromatic ring is 1. The summed E-state index contributed by atoms with van der Waals surface area (Å²) in [6.45, 7) is 2.01. The molecule has 0 bridgehead atoms. The first kappa shape index (κ1) is 25.5. The quantitative estimate of drug-likeness (QED) is 0.325. The molecule has 4 rings (SSSR count). The van der Waals surface area contributed by atoms with Gasteiger partial charge in [-0.15, -0.1) is 0 Å². The highest BCUT2D eigenvalue weighted by molar-refractivity contribution is 7.09. The Kier molecular flexibility index (Phi) is 7.59. The Hall–Kier alpha value is -4.57. The van der Waals surface area contributed by atoms with E-state index in [4.69, 9.17) is 11.5 Å². The number of primary amides is 1. The molecule has 0 aliphatic carbocycles. The van der Waals surface area contributed by atoms with Gasteiger partial charge in [-0.1, -0.05) is 60.7 Å². The minimum absolute atomic E-state index is 0.0416. The van der Waals surface area contributed by atoms with Crippen LogP contribution in [0.25, 0.3) is 0 Å². The van der Waals surface area contributed by atoms with Crippen molar-refractivity contribution in [2.45, 2.75) is 19.5 Å². The molecule has 3 aromatic carbocycles. The van der Waals surface area contributed by atoms with Gasteiger partial charge in [-0.2, -0.15) is 4.37 Å². The normalized spacial score (nSPS) is 11.5. The number of halogens is 1. The van der Waals surface area contributed by atoms with Crippen molar-refractivity contribution in [2.75, 3.05) is 10.6 Å². The van der Waals surface area contributed by atoms with Crippen LogP contribution in [0.3, 0.4) is 0 Å². The first-order valence-corrected chi connectivity index (χ1v) is 12.1. The maximum absolute atomic E-state index is 14.0. The molecule has 1 atom stereocenters. The third-order valence-corrected chi connectivity index (χ3v) is 6.60. The Morgan fingerprint density at radius 2 is 1.65 bits per heavy atom. The van der Waals surface area contributed by atoms with Crippen LogP contribution >= 0.6 is 11.5 Å². The van der Waals surface area contributed by atoms with Crippen molar-refractivity contribution in [3.8, 4) is 0 Å². The lowest BCUT2D eigenvalue weighted by molar-refractivity contribution is -0.122. The number of carbonyl (C=O) groups is 3. The molecule has 0 spiro atoms. The molecule has 3 amide bonds. The first-order valence-electron chi connectivity index (χ1n) is 11.3. The number of hydrogen-bond donors (Lipinski definition) is 3. The van der Waals surface area contributed by atoms with Gasteiger partial charge >= 0.3 is 0 Å². The van der Waals surface area contributed by atoms with Crippen LogP contribution in [0.1, 0.15) is 42.9 Å². The van der Waals surface area contributed by atoms with E-state index in [9.17, 15) is 18.8 Å². The predicted molar refractivity (Wildman–Crippen MR) is 140 cm³/mol. The van der Waals surface area contributed by atoms with Crippen molar-refractivity contribution >= 4 is 40.6 Å². The number of nitrogens with two attached hydrogens (primary N) is 2. The molecule has 0 unspecified atom stereocenters. The number of carbonyl (C=O) groups excluding carboxylic acids is 3. The molecule has 4 aromatic rings. The third-order valence-electron chi connectivity index (χ3n) is 5.75. The van der Waals surface area contributed by atoms with E-state index in [1.165, 1.54) is 29.2 Å². The van der Waals surface area contributed by atoms with Crippen molar-refractivity contribution in [3.63, 3.8) is 0 Å². The fraction of sp³-hybridized carbons (Fsp3) is 0.111. The molecule has 0 fully saturated rings. The van der Waals surface area contributed by atoms with Gasteiger partial charge in [0.1, 0.15) is 16.7 Å². The van der Waals surface area contributed by atoms with E-state index in [1.807, 2.05) is 30.3 Å². The van der Waals surface area contributed by atoms with Gasteiger partial charge < -0.3 is 16.8 Å². The Morgan fingerprint density at radius 1 is 1.00 bits per heavy atom. The van der Waals surface area contributed by atoms with Crippen molar-refractivity contribution < 1.29 is 18.8 Å². The number of nitrogens with one attached hydrogen (secondary N) is 1. The standard InChI is InChI=1S/C27H24FN5O3S/c1-16-7-5-6-10-20(16)33(27(36)24-21(29)22(25(30)34)32-37-24)23(18-11-13-19(28)14-12-18)26(35)31-15-17-8-3-2-4-9-17/h2-14,23H,15,29H2,1H3,(H2,30,34)(H,31,35)/t23-/m1/s1. The highest BCUT2D eigenvalue weighted by Gasteiger charge is 2.36. The van der Waals surface area contributed by atoms with E-state index < -0.39 is 29.6 Å². The molecule has 5 N–H and O–H groups in total. The van der Waals surface area contributed by atoms with Gasteiger partial charge in [0, 0.05) is 12.2 Å². The largest absolute Gasteiger partial charge is 0.395 e. The molecule has 0 aliphatic heterocycles. The highest BCUT2D eigenvalue weighted by Crippen LogP contribution is 2.34. The second-order valence-corrected chi connectivity index (χ2v) is 9.03. The fourth-order valence-electron chi connectivity index (χ4n) is 3.88. The number of nitrogens with zero attached hydrogens (tertiary/aromatic N) is 2. The number of hydrogen-bond acceptors (Lipinski definition) is 6. The SMILES string of the molecule is Cc1ccccc1N(C(=O)c1snc(C(N)=O)c1N)[C@@H](C(=O)NCc1ccccc1)c1ccc(F)cc1. The summed E-state index contributed by atoms with van der Waals surface area (Å²) in [7, 11) is 0. The van der Waals surface area contributed by atoms with E-state index in [2.05, 4.69) is 9.69 Å². The van der Waals surface area contributed by atoms with Crippen molar-refractivity contribution in [1.29, 1.82) is 0 Å². The van der Waals surface area contributed by atoms with Gasteiger partial charge in [0.05, 0.1) is 5.69 Å². The number of para-hydroxylation sites is 1. The van der Waals surface area contributed by atoms with Gasteiger partial charge in [-0.3, -0.25) is 19.3 Å². The van der Waals surface area contributed by atoms with Crippen LogP contribution in [-0.2, 0) is 11.3 Å². The van der Waals surface area contributed by atoms with E-state index in [0.717, 1.165) is 17.1 Å². The van der Waals surface area contributed by atoms with Crippen molar-refractivity contribution in [3.05, 3.63) is 112 Å². The minimum Gasteiger partial charge on any atom is -0.395 e. The van der Waals surface area contributed by atoms with Gasteiger partial charge in [0.25, 0.3) is 11.8 Å². The minimum atomic E-state index is -1.20. The van der Waals surface area contributed by atoms with E-state index >= 15 is 0 Å². The smallest absolute Gasteiger partial charge is 0.273 e. The van der Waals surface area contributed by atoms with Crippen molar-refractivity contribution in [1.82, 2.24) is 9.69 Å². The van der Waals surface area contributed by atoms with Crippen LogP contribution in [0.5, 0.6) is 0 Å². The maximum Gasteiger partial charge on any atom is 0.273 e. The van der Waals surface area contributed by atoms with Crippen molar-refractivity contribution in [2.24, 2.45) is 5.73 Å². The predicted octanol–water partition coefficient (Wildman–Crippen LogP) is 3.98. The third kappa shape index (κ3) is 5.49. The summed E-state index contributed by atoms with van der Waals surface area (Å²) in [5, 5.41) is 2.88. The molecule has 0 radical (unpaired) electrons. The molecule has 8 nitrogen and oxygen atoms in total. The Balaban J connectivity index is 1.84. The van der Waals surface area contributed by atoms with E-state index in [0.29, 0.717) is 16.8 Å². The van der Waals surface area contributed by atoms with Crippen LogP contribution in [0.15, 0.2) is 78.9 Å². The number of anilines is 2. The molecule has 1 heterocycles. The summed E-state index contributed by atoms with van der Waals surface area (Å²) in [4.78, 5) is 40.7. The zero-order chi connectivity index (χ0) is 26.5. The molecular weight excluding hydrogens is 493 g/mol. The first-order chi connectivity index (χ1) is 17.8. The molecular formula is C27H24FN5O3S. The summed E-state index contributed by atoms with van der Waals surface area (Å²) < 4.78 is 17.8. The molecule has 0 saturated heterocycles. The average Bonchev–Trinajstić information content (AvgIpc) is 3.29. The number of amides is 3. The Labute approximate surface area is 216 Å². The molecule has 37 heavy (non-hydrogen) atoms. The monoisotopic (exact) mass is 517 g/mol. The zero-order valence-electron chi connectivity index (χ0n) is 19.9. The van der Waals surface area contributed by atoms with Crippen LogP contribution in [0, 0.1) is 12.7 Å². The van der Waals surface area contributed by atoms with Crippen LogP contribution in [-0.4, -0.2) is 22.1 Å². The van der Waals surface area contributed by atoms with Gasteiger partial charge in [0.2, 0.25) is 5.91 Å². The zero-order valence-corrected chi connectivity index (χ0v) is 20.7. The number of aromatic nitrogens is 1. The van der Waals surface area contributed by atoms with Gasteiger partial charge in [-0.25, -0.2) is 4.39 Å². The number of rotatable bonds is 8. The second-order valence-electron chi connectivity index (χ2n) is 8.26. The van der Waals surface area contributed by atoms with Crippen LogP contribution in [0.4, 0.5) is 15.8 Å². The lowest BCUT2D eigenvalue weighted by Gasteiger charge is -2.32. The lowest BCUT2D eigenvalue weighted by atomic mass is 10.0. The van der Waals surface area contributed by atoms with E-state index in [1.54, 1.807) is 31.2 Å². The summed E-state index contributed by atoms with van der Waals surface area (Å²) in [6.07, 6.45) is 0. The summed E-state index contributed by atoms with van der Waals surface area (Å²) >= 11 is 0.720. The summed E-state index contributed by atoms with van der Waals surface area (Å²) in [6, 6.07) is 20.5. The average molecular weight is 518 g/mol. The fourth-order valence-corrected chi connectivity index (χ4v) is 4.62. The lowest BCUT2D eigenvalue weighted by Crippen LogP contribution is -2.44. The second kappa shape index (κ2) is 11.0. The maximum atomic E-state index is 14.0. The van der Waals surface area contributed by atoms with Crippen LogP contribution < -0.4 is 21.7 Å². The summed E-state index contributed by atoms with van der Waals surface area (Å²) in [5.74, 6) is -2.50. The number of benzene rings is 3. The number of aryl methyl sites for hydroxylation is 1. The molecule has 0 aliphatic rings. The molecule has 0 saturated carbocycles.